The van der Waals surface area contributed by atoms with E-state index in [1.165, 1.54) is 13.2 Å². The Morgan fingerprint density at radius 2 is 2.00 bits per heavy atom. The maximum absolute atomic E-state index is 14.0. The number of aliphatic hydroxyl groups is 1. The highest BCUT2D eigenvalue weighted by atomic mass is 19.1. The van der Waals surface area contributed by atoms with E-state index in [0.717, 1.165) is 10.9 Å². The third-order valence-electron chi connectivity index (χ3n) is 3.45. The summed E-state index contributed by atoms with van der Waals surface area (Å²) in [6.07, 6.45) is 0.615. The molecule has 1 unspecified atom stereocenters. The van der Waals surface area contributed by atoms with Crippen molar-refractivity contribution in [3.8, 4) is 5.75 Å². The lowest BCUT2D eigenvalue weighted by atomic mass is 9.98. The lowest BCUT2D eigenvalue weighted by Crippen LogP contribution is -2.05. The molecule has 3 nitrogen and oxygen atoms in total. The number of aromatic nitrogens is 1. The van der Waals surface area contributed by atoms with Gasteiger partial charge in [0.15, 0.2) is 0 Å². The molecule has 1 aromatic heterocycles. The fraction of sp³-hybridized carbons (Fsp3) is 0.118. The van der Waals surface area contributed by atoms with Gasteiger partial charge in [-0.2, -0.15) is 0 Å². The minimum Gasteiger partial charge on any atom is -0.496 e. The summed E-state index contributed by atoms with van der Waals surface area (Å²) in [6, 6.07) is 13.6. The number of hydrogen-bond donors (Lipinski definition) is 1. The van der Waals surface area contributed by atoms with E-state index in [-0.39, 0.29) is 5.56 Å². The van der Waals surface area contributed by atoms with E-state index in [1.54, 1.807) is 36.5 Å². The van der Waals surface area contributed by atoms with Crippen LogP contribution in [0.5, 0.6) is 5.75 Å². The summed E-state index contributed by atoms with van der Waals surface area (Å²) in [5.74, 6) is -0.165. The van der Waals surface area contributed by atoms with Crippen molar-refractivity contribution in [2.45, 2.75) is 6.10 Å². The highest BCUT2D eigenvalue weighted by Crippen LogP contribution is 2.33. The first-order chi connectivity index (χ1) is 10.2. The molecule has 1 atom stereocenters. The number of ether oxygens (including phenoxy) is 1. The van der Waals surface area contributed by atoms with Crippen LogP contribution in [0.2, 0.25) is 0 Å². The Bertz CT molecular complexity index is 789. The monoisotopic (exact) mass is 283 g/mol. The molecule has 1 heterocycles. The summed E-state index contributed by atoms with van der Waals surface area (Å²) >= 11 is 0. The van der Waals surface area contributed by atoms with Crippen molar-refractivity contribution in [3.05, 3.63) is 71.7 Å². The van der Waals surface area contributed by atoms with Gasteiger partial charge in [0.2, 0.25) is 0 Å². The van der Waals surface area contributed by atoms with E-state index >= 15 is 0 Å². The fourth-order valence-electron chi connectivity index (χ4n) is 2.39. The van der Waals surface area contributed by atoms with Gasteiger partial charge in [-0.1, -0.05) is 18.2 Å². The zero-order valence-electron chi connectivity index (χ0n) is 11.5. The standard InChI is InChI=1S/C17H14FNO2/c1-21-15-6-2-5-13(18)16(15)17(20)12-7-8-14-11(10-12)4-3-9-19-14/h2-10,17,20H,1H3. The van der Waals surface area contributed by atoms with Gasteiger partial charge in [0, 0.05) is 11.6 Å². The third kappa shape index (κ3) is 2.45. The molecule has 0 bridgehead atoms. The van der Waals surface area contributed by atoms with Gasteiger partial charge in [-0.15, -0.1) is 0 Å². The molecule has 0 amide bonds. The first-order valence-corrected chi connectivity index (χ1v) is 6.56. The average Bonchev–Trinajstić information content (AvgIpc) is 2.53. The van der Waals surface area contributed by atoms with E-state index in [1.807, 2.05) is 12.1 Å². The SMILES string of the molecule is COc1cccc(F)c1C(O)c1ccc2ncccc2c1. The van der Waals surface area contributed by atoms with Crippen molar-refractivity contribution >= 4 is 10.9 Å². The van der Waals surface area contributed by atoms with E-state index in [4.69, 9.17) is 4.74 Å². The quantitative estimate of drug-likeness (QED) is 0.800. The first kappa shape index (κ1) is 13.5. The van der Waals surface area contributed by atoms with E-state index in [0.29, 0.717) is 11.3 Å². The van der Waals surface area contributed by atoms with Crippen LogP contribution in [-0.2, 0) is 0 Å². The van der Waals surface area contributed by atoms with Crippen molar-refractivity contribution in [2.75, 3.05) is 7.11 Å². The number of hydrogen-bond acceptors (Lipinski definition) is 3. The molecule has 3 aromatic rings. The number of rotatable bonds is 3. The van der Waals surface area contributed by atoms with E-state index in [2.05, 4.69) is 4.98 Å². The second kappa shape index (κ2) is 5.50. The van der Waals surface area contributed by atoms with Gasteiger partial charge in [0.25, 0.3) is 0 Å². The molecule has 0 radical (unpaired) electrons. The first-order valence-electron chi connectivity index (χ1n) is 6.56. The molecule has 4 heteroatoms. The number of pyridine rings is 1. The van der Waals surface area contributed by atoms with Crippen molar-refractivity contribution in [1.29, 1.82) is 0 Å². The lowest BCUT2D eigenvalue weighted by molar-refractivity contribution is 0.209. The average molecular weight is 283 g/mol. The molecule has 0 fully saturated rings. The molecule has 3 rings (SSSR count). The largest absolute Gasteiger partial charge is 0.496 e. The zero-order valence-corrected chi connectivity index (χ0v) is 11.5. The normalized spacial score (nSPS) is 12.3. The van der Waals surface area contributed by atoms with Gasteiger partial charge >= 0.3 is 0 Å². The molecule has 0 saturated heterocycles. The topological polar surface area (TPSA) is 42.4 Å². The number of methoxy groups -OCH3 is 1. The number of nitrogens with zero attached hydrogens (tertiary/aromatic N) is 1. The smallest absolute Gasteiger partial charge is 0.133 e. The molecule has 0 aliphatic carbocycles. The van der Waals surface area contributed by atoms with Crippen LogP contribution in [0.4, 0.5) is 4.39 Å². The van der Waals surface area contributed by atoms with Crippen molar-refractivity contribution in [1.82, 2.24) is 4.98 Å². The molecule has 1 N–H and O–H groups in total. The van der Waals surface area contributed by atoms with Gasteiger partial charge in [-0.3, -0.25) is 4.98 Å². The molecule has 106 valence electrons. The van der Waals surface area contributed by atoms with Crippen LogP contribution in [0.1, 0.15) is 17.2 Å². The van der Waals surface area contributed by atoms with Crippen LogP contribution in [0.15, 0.2) is 54.7 Å². The van der Waals surface area contributed by atoms with Gasteiger partial charge in [-0.25, -0.2) is 4.39 Å². The molecule has 2 aromatic carbocycles. The molecule has 0 aliphatic rings. The predicted molar refractivity (Wildman–Crippen MR) is 78.8 cm³/mol. The molecule has 0 saturated carbocycles. The molecule has 0 aliphatic heterocycles. The Hall–Kier alpha value is -2.46. The maximum atomic E-state index is 14.0. The predicted octanol–water partition coefficient (Wildman–Crippen LogP) is 3.46. The lowest BCUT2D eigenvalue weighted by Gasteiger charge is -2.16. The number of fused-ring (bicyclic) bond motifs is 1. The second-order valence-electron chi connectivity index (χ2n) is 4.71. The fourth-order valence-corrected chi connectivity index (χ4v) is 2.39. The minimum atomic E-state index is -1.09. The molecule has 0 spiro atoms. The Morgan fingerprint density at radius 1 is 1.14 bits per heavy atom. The Labute approximate surface area is 121 Å². The summed E-state index contributed by atoms with van der Waals surface area (Å²) < 4.78 is 19.2. The van der Waals surface area contributed by atoms with Gasteiger partial charge in [0.1, 0.15) is 17.7 Å². The van der Waals surface area contributed by atoms with Crippen LogP contribution in [-0.4, -0.2) is 17.2 Å². The Kier molecular flexibility index (Phi) is 3.54. The zero-order chi connectivity index (χ0) is 14.8. The number of benzene rings is 2. The van der Waals surface area contributed by atoms with Crippen molar-refractivity contribution in [2.24, 2.45) is 0 Å². The van der Waals surface area contributed by atoms with Gasteiger partial charge in [0.05, 0.1) is 18.2 Å². The van der Waals surface area contributed by atoms with Crippen LogP contribution in [0, 0.1) is 5.82 Å². The molecular formula is C17H14FNO2. The number of halogens is 1. The van der Waals surface area contributed by atoms with E-state index < -0.39 is 11.9 Å². The number of aliphatic hydroxyl groups excluding tert-OH is 1. The van der Waals surface area contributed by atoms with Crippen LogP contribution < -0.4 is 4.74 Å². The maximum Gasteiger partial charge on any atom is 0.133 e. The van der Waals surface area contributed by atoms with E-state index in [9.17, 15) is 9.50 Å². The summed E-state index contributed by atoms with van der Waals surface area (Å²) in [5.41, 5.74) is 1.57. The van der Waals surface area contributed by atoms with Crippen LogP contribution >= 0.6 is 0 Å². The summed E-state index contributed by atoms with van der Waals surface area (Å²) in [4.78, 5) is 4.23. The Balaban J connectivity index is 2.10. The van der Waals surface area contributed by atoms with Crippen LogP contribution in [0.3, 0.4) is 0 Å². The minimum absolute atomic E-state index is 0.142. The van der Waals surface area contributed by atoms with Crippen LogP contribution in [0.25, 0.3) is 10.9 Å². The second-order valence-corrected chi connectivity index (χ2v) is 4.71. The molecular weight excluding hydrogens is 269 g/mol. The van der Waals surface area contributed by atoms with Gasteiger partial charge < -0.3 is 9.84 Å². The van der Waals surface area contributed by atoms with Gasteiger partial charge in [-0.05, 0) is 35.9 Å². The molecule has 21 heavy (non-hydrogen) atoms. The summed E-state index contributed by atoms with van der Waals surface area (Å²) in [6.45, 7) is 0. The highest BCUT2D eigenvalue weighted by molar-refractivity contribution is 5.79. The summed E-state index contributed by atoms with van der Waals surface area (Å²) in [7, 11) is 1.45. The third-order valence-corrected chi connectivity index (χ3v) is 3.45. The van der Waals surface area contributed by atoms with Crippen molar-refractivity contribution < 1.29 is 14.2 Å². The summed E-state index contributed by atoms with van der Waals surface area (Å²) in [5, 5.41) is 11.4. The highest BCUT2D eigenvalue weighted by Gasteiger charge is 2.20. The van der Waals surface area contributed by atoms with Crippen molar-refractivity contribution in [3.63, 3.8) is 0 Å². The Morgan fingerprint density at radius 3 is 2.81 bits per heavy atom.